The van der Waals surface area contributed by atoms with Crippen molar-refractivity contribution >= 4 is 11.8 Å². The summed E-state index contributed by atoms with van der Waals surface area (Å²) in [6.45, 7) is 4.53. The molecule has 8 nitrogen and oxygen atoms in total. The molecule has 1 aliphatic rings. The van der Waals surface area contributed by atoms with E-state index in [0.717, 1.165) is 26.2 Å². The molecule has 0 spiro atoms. The summed E-state index contributed by atoms with van der Waals surface area (Å²) in [7, 11) is 2.07. The van der Waals surface area contributed by atoms with Gasteiger partial charge in [0, 0.05) is 50.4 Å². The van der Waals surface area contributed by atoms with Crippen LogP contribution in [0.25, 0.3) is 0 Å². The lowest BCUT2D eigenvalue weighted by Gasteiger charge is -2.32. The Morgan fingerprint density at radius 2 is 2.05 bits per heavy atom. The molecular weight excluding hydrogens is 290 g/mol. The molecule has 0 bridgehead atoms. The number of hydrogen-bond acceptors (Lipinski definition) is 6. The lowest BCUT2D eigenvalue weighted by molar-refractivity contribution is -0.384. The van der Waals surface area contributed by atoms with Crippen molar-refractivity contribution < 1.29 is 19.6 Å². The molecule has 1 aromatic rings. The molecule has 2 rings (SSSR count). The van der Waals surface area contributed by atoms with E-state index < -0.39 is 11.1 Å². The number of rotatable bonds is 5. The van der Waals surface area contributed by atoms with Crippen molar-refractivity contribution in [3.63, 3.8) is 0 Å². The van der Waals surface area contributed by atoms with Crippen molar-refractivity contribution in [1.82, 2.24) is 9.80 Å². The Balaban J connectivity index is 2.07. The number of carboxylic acid groups (broad SMARTS) is 1. The summed E-state index contributed by atoms with van der Waals surface area (Å²) in [5, 5.41) is 19.6. The molecule has 0 aromatic heterocycles. The molecule has 120 valence electrons. The Morgan fingerprint density at radius 3 is 2.64 bits per heavy atom. The predicted molar refractivity (Wildman–Crippen MR) is 79.4 cm³/mol. The van der Waals surface area contributed by atoms with E-state index in [2.05, 4.69) is 16.8 Å². The Labute approximate surface area is 128 Å². The van der Waals surface area contributed by atoms with Crippen molar-refractivity contribution in [3.05, 3.63) is 33.9 Å². The maximum Gasteiger partial charge on any atom is 0.511 e. The van der Waals surface area contributed by atoms with Gasteiger partial charge in [0.1, 0.15) is 5.75 Å². The van der Waals surface area contributed by atoms with Crippen molar-refractivity contribution in [2.75, 3.05) is 39.8 Å². The van der Waals surface area contributed by atoms with Crippen LogP contribution in [-0.2, 0) is 6.42 Å². The molecule has 0 amide bonds. The van der Waals surface area contributed by atoms with Gasteiger partial charge in [-0.1, -0.05) is 0 Å². The Morgan fingerprint density at radius 1 is 1.36 bits per heavy atom. The summed E-state index contributed by atoms with van der Waals surface area (Å²) in [6, 6.07) is 3.97. The molecule has 1 N–H and O–H groups in total. The van der Waals surface area contributed by atoms with Crippen LogP contribution in [0.4, 0.5) is 10.5 Å². The van der Waals surface area contributed by atoms with E-state index in [1.54, 1.807) is 0 Å². The van der Waals surface area contributed by atoms with Crippen molar-refractivity contribution in [2.45, 2.75) is 6.42 Å². The van der Waals surface area contributed by atoms with E-state index in [1.165, 1.54) is 18.2 Å². The van der Waals surface area contributed by atoms with E-state index in [4.69, 9.17) is 9.84 Å². The molecular formula is C14H19N3O5. The second-order valence-electron chi connectivity index (χ2n) is 5.31. The maximum atomic E-state index is 10.9. The molecule has 1 aromatic carbocycles. The summed E-state index contributed by atoms with van der Waals surface area (Å²) in [6.07, 6.45) is -0.914. The fraction of sp³-hybridized carbons (Fsp3) is 0.500. The fourth-order valence-corrected chi connectivity index (χ4v) is 2.42. The molecule has 1 fully saturated rings. The number of likely N-dealkylation sites (N-methyl/N-ethyl adjacent to an activating group) is 1. The van der Waals surface area contributed by atoms with Gasteiger partial charge in [-0.3, -0.25) is 10.1 Å². The van der Waals surface area contributed by atoms with Crippen LogP contribution in [0.2, 0.25) is 0 Å². The largest absolute Gasteiger partial charge is 0.511 e. The summed E-state index contributed by atoms with van der Waals surface area (Å²) in [4.78, 5) is 25.6. The van der Waals surface area contributed by atoms with E-state index in [-0.39, 0.29) is 11.4 Å². The van der Waals surface area contributed by atoms with Crippen LogP contribution in [0.15, 0.2) is 18.2 Å². The molecule has 0 unspecified atom stereocenters. The monoisotopic (exact) mass is 309 g/mol. The zero-order chi connectivity index (χ0) is 16.1. The first-order chi connectivity index (χ1) is 10.5. The third-order valence-corrected chi connectivity index (χ3v) is 3.75. The van der Waals surface area contributed by atoms with Crippen LogP contribution in [0.3, 0.4) is 0 Å². The Hall–Kier alpha value is -2.19. The molecule has 1 heterocycles. The van der Waals surface area contributed by atoms with Crippen LogP contribution < -0.4 is 4.74 Å². The van der Waals surface area contributed by atoms with Gasteiger partial charge in [-0.25, -0.2) is 4.79 Å². The summed E-state index contributed by atoms with van der Waals surface area (Å²) in [5.74, 6) is 0.159. The van der Waals surface area contributed by atoms with Crippen LogP contribution in [0.5, 0.6) is 5.75 Å². The minimum Gasteiger partial charge on any atom is -0.449 e. The minimum atomic E-state index is -1.42. The van der Waals surface area contributed by atoms with Gasteiger partial charge in [-0.05, 0) is 19.5 Å². The van der Waals surface area contributed by atoms with Gasteiger partial charge in [-0.2, -0.15) is 0 Å². The fourth-order valence-electron chi connectivity index (χ4n) is 2.42. The molecule has 0 aliphatic carbocycles. The lowest BCUT2D eigenvalue weighted by Crippen LogP contribution is -2.45. The molecule has 0 radical (unpaired) electrons. The highest BCUT2D eigenvalue weighted by Gasteiger charge is 2.17. The first-order valence-electron chi connectivity index (χ1n) is 7.04. The first kappa shape index (κ1) is 16.2. The maximum absolute atomic E-state index is 10.9. The highest BCUT2D eigenvalue weighted by Crippen LogP contribution is 2.25. The van der Waals surface area contributed by atoms with Gasteiger partial charge in [-0.15, -0.1) is 0 Å². The highest BCUT2D eigenvalue weighted by molar-refractivity contribution is 5.62. The van der Waals surface area contributed by atoms with Gasteiger partial charge < -0.3 is 19.6 Å². The van der Waals surface area contributed by atoms with Gasteiger partial charge in [0.2, 0.25) is 0 Å². The van der Waals surface area contributed by atoms with Gasteiger partial charge in [0.15, 0.2) is 0 Å². The average Bonchev–Trinajstić information content (AvgIpc) is 2.47. The van der Waals surface area contributed by atoms with E-state index in [1.807, 2.05) is 0 Å². The third kappa shape index (κ3) is 4.40. The minimum absolute atomic E-state index is 0.0638. The first-order valence-corrected chi connectivity index (χ1v) is 7.04. The zero-order valence-corrected chi connectivity index (χ0v) is 12.4. The zero-order valence-electron chi connectivity index (χ0n) is 12.4. The Kier molecular flexibility index (Phi) is 5.29. The number of carbonyl (C=O) groups is 1. The quantitative estimate of drug-likeness (QED) is 0.380. The molecule has 1 saturated heterocycles. The van der Waals surface area contributed by atoms with Crippen LogP contribution in [-0.4, -0.2) is 65.8 Å². The summed E-state index contributed by atoms with van der Waals surface area (Å²) in [5.41, 5.74) is 0.474. The van der Waals surface area contributed by atoms with Crippen molar-refractivity contribution in [2.24, 2.45) is 0 Å². The van der Waals surface area contributed by atoms with Crippen LogP contribution >= 0.6 is 0 Å². The SMILES string of the molecule is CN1CCN(CCc2cc([N+](=O)[O-])ccc2OC(=O)O)CC1. The standard InChI is InChI=1S/C14H19N3O5/c1-15-6-8-16(9-7-15)5-4-11-10-12(17(20)21)2-3-13(11)22-14(18)19/h2-3,10H,4-9H2,1H3,(H,18,19). The number of piperazine rings is 1. The smallest absolute Gasteiger partial charge is 0.449 e. The number of hydrogen-bond donors (Lipinski definition) is 1. The van der Waals surface area contributed by atoms with Gasteiger partial charge in [0.25, 0.3) is 5.69 Å². The number of nitro benzene ring substituents is 1. The summed E-state index contributed by atoms with van der Waals surface area (Å²) < 4.78 is 4.70. The van der Waals surface area contributed by atoms with Gasteiger partial charge in [0.05, 0.1) is 4.92 Å². The predicted octanol–water partition coefficient (Wildman–Crippen LogP) is 1.44. The number of nitro groups is 1. The van der Waals surface area contributed by atoms with E-state index in [9.17, 15) is 14.9 Å². The lowest BCUT2D eigenvalue weighted by atomic mass is 10.1. The van der Waals surface area contributed by atoms with E-state index in [0.29, 0.717) is 18.5 Å². The molecule has 0 saturated carbocycles. The average molecular weight is 309 g/mol. The third-order valence-electron chi connectivity index (χ3n) is 3.75. The molecule has 8 heteroatoms. The number of ether oxygens (including phenoxy) is 1. The van der Waals surface area contributed by atoms with Crippen LogP contribution in [0, 0.1) is 10.1 Å². The highest BCUT2D eigenvalue weighted by atomic mass is 16.7. The Bertz CT molecular complexity index is 555. The topological polar surface area (TPSA) is 96.2 Å². The second kappa shape index (κ2) is 7.19. The normalized spacial score (nSPS) is 16.4. The van der Waals surface area contributed by atoms with E-state index >= 15 is 0 Å². The molecule has 1 aliphatic heterocycles. The molecule has 0 atom stereocenters. The second-order valence-corrected chi connectivity index (χ2v) is 5.31. The number of non-ortho nitro benzene ring substituents is 1. The van der Waals surface area contributed by atoms with Crippen molar-refractivity contribution in [3.8, 4) is 5.75 Å². The number of benzene rings is 1. The summed E-state index contributed by atoms with van der Waals surface area (Å²) >= 11 is 0. The van der Waals surface area contributed by atoms with Gasteiger partial charge >= 0.3 is 6.16 Å². The molecule has 22 heavy (non-hydrogen) atoms. The number of nitrogens with zero attached hydrogens (tertiary/aromatic N) is 3. The van der Waals surface area contributed by atoms with Crippen molar-refractivity contribution in [1.29, 1.82) is 0 Å². The van der Waals surface area contributed by atoms with Crippen LogP contribution in [0.1, 0.15) is 5.56 Å².